The standard InChI is InChI=1S/C20H17F2NO3/c1-26-19(25)12-23-14(10-9-13-5-4-7-16(21)20(13)22)11-18(24)15-6-2-3-8-17(15)23/h2-8,11H,9-10,12H2,1H3. The number of para-hydroxylation sites is 1. The summed E-state index contributed by atoms with van der Waals surface area (Å²) in [5.74, 6) is -2.26. The molecule has 0 amide bonds. The summed E-state index contributed by atoms with van der Waals surface area (Å²) in [7, 11) is 1.29. The van der Waals surface area contributed by atoms with E-state index < -0.39 is 17.6 Å². The molecule has 0 saturated carbocycles. The number of nitrogens with zero attached hydrogens (tertiary/aromatic N) is 1. The molecule has 0 unspecified atom stereocenters. The summed E-state index contributed by atoms with van der Waals surface area (Å²) in [4.78, 5) is 24.2. The van der Waals surface area contributed by atoms with Gasteiger partial charge >= 0.3 is 5.97 Å². The van der Waals surface area contributed by atoms with Crippen LogP contribution in [0, 0.1) is 11.6 Å². The van der Waals surface area contributed by atoms with Crippen LogP contribution >= 0.6 is 0 Å². The van der Waals surface area contributed by atoms with Gasteiger partial charge < -0.3 is 9.30 Å². The second-order valence-corrected chi connectivity index (χ2v) is 5.89. The van der Waals surface area contributed by atoms with Crippen molar-refractivity contribution in [1.29, 1.82) is 0 Å². The lowest BCUT2D eigenvalue weighted by Gasteiger charge is -2.16. The Bertz CT molecular complexity index is 1030. The average molecular weight is 357 g/mol. The number of fused-ring (bicyclic) bond motifs is 1. The van der Waals surface area contributed by atoms with E-state index in [0.717, 1.165) is 6.07 Å². The largest absolute Gasteiger partial charge is 0.468 e. The van der Waals surface area contributed by atoms with Crippen LogP contribution in [0.1, 0.15) is 11.3 Å². The van der Waals surface area contributed by atoms with Crippen molar-refractivity contribution < 1.29 is 18.3 Å². The third-order valence-electron chi connectivity index (χ3n) is 4.30. The van der Waals surface area contributed by atoms with Crippen molar-refractivity contribution in [1.82, 2.24) is 4.57 Å². The Morgan fingerprint density at radius 2 is 1.85 bits per heavy atom. The van der Waals surface area contributed by atoms with Gasteiger partial charge in [0.1, 0.15) is 6.54 Å². The van der Waals surface area contributed by atoms with Gasteiger partial charge in [-0.25, -0.2) is 8.78 Å². The normalized spacial score (nSPS) is 10.9. The van der Waals surface area contributed by atoms with Gasteiger partial charge in [0.15, 0.2) is 17.1 Å². The number of rotatable bonds is 5. The molecule has 0 atom stereocenters. The number of aromatic nitrogens is 1. The van der Waals surface area contributed by atoms with E-state index in [-0.39, 0.29) is 30.4 Å². The second-order valence-electron chi connectivity index (χ2n) is 5.89. The zero-order valence-corrected chi connectivity index (χ0v) is 14.2. The number of aryl methyl sites for hydroxylation is 2. The summed E-state index contributed by atoms with van der Waals surface area (Å²) in [6, 6.07) is 12.4. The Morgan fingerprint density at radius 1 is 1.08 bits per heavy atom. The average Bonchev–Trinajstić information content (AvgIpc) is 2.65. The third kappa shape index (κ3) is 3.49. The molecule has 0 fully saturated rings. The molecule has 0 spiro atoms. The Kier molecular flexibility index (Phi) is 5.11. The zero-order chi connectivity index (χ0) is 18.7. The molecular weight excluding hydrogens is 340 g/mol. The van der Waals surface area contributed by atoms with Gasteiger partial charge in [0.25, 0.3) is 0 Å². The molecule has 1 aromatic heterocycles. The van der Waals surface area contributed by atoms with E-state index in [4.69, 9.17) is 4.74 Å². The summed E-state index contributed by atoms with van der Waals surface area (Å²) in [5.41, 5.74) is 1.19. The minimum atomic E-state index is -0.909. The van der Waals surface area contributed by atoms with E-state index in [0.29, 0.717) is 16.6 Å². The van der Waals surface area contributed by atoms with E-state index >= 15 is 0 Å². The fourth-order valence-corrected chi connectivity index (χ4v) is 2.97. The molecule has 3 aromatic rings. The van der Waals surface area contributed by atoms with E-state index in [1.807, 2.05) is 0 Å². The summed E-state index contributed by atoms with van der Waals surface area (Å²) >= 11 is 0. The van der Waals surface area contributed by atoms with Crippen LogP contribution in [-0.2, 0) is 28.9 Å². The van der Waals surface area contributed by atoms with Gasteiger partial charge in [-0.3, -0.25) is 9.59 Å². The number of methoxy groups -OCH3 is 1. The van der Waals surface area contributed by atoms with Gasteiger partial charge in [0.2, 0.25) is 0 Å². The zero-order valence-electron chi connectivity index (χ0n) is 14.2. The van der Waals surface area contributed by atoms with Crippen LogP contribution in [0.25, 0.3) is 10.9 Å². The summed E-state index contributed by atoms with van der Waals surface area (Å²) < 4.78 is 33.7. The number of hydrogen-bond donors (Lipinski definition) is 0. The van der Waals surface area contributed by atoms with Crippen molar-refractivity contribution in [3.8, 4) is 0 Å². The lowest BCUT2D eigenvalue weighted by Crippen LogP contribution is -2.20. The highest BCUT2D eigenvalue weighted by Gasteiger charge is 2.14. The first kappa shape index (κ1) is 17.8. The van der Waals surface area contributed by atoms with E-state index in [2.05, 4.69) is 0 Å². The van der Waals surface area contributed by atoms with Gasteiger partial charge in [-0.05, 0) is 36.6 Å². The monoisotopic (exact) mass is 357 g/mol. The number of carbonyl (C=O) groups is 1. The van der Waals surface area contributed by atoms with E-state index in [1.165, 1.54) is 25.3 Å². The SMILES string of the molecule is COC(=O)Cn1c(CCc2cccc(F)c2F)cc(=O)c2ccccc21. The molecule has 134 valence electrons. The first-order valence-electron chi connectivity index (χ1n) is 8.12. The number of ether oxygens (including phenoxy) is 1. The highest BCUT2D eigenvalue weighted by Crippen LogP contribution is 2.17. The Morgan fingerprint density at radius 3 is 2.62 bits per heavy atom. The first-order chi connectivity index (χ1) is 12.5. The predicted molar refractivity (Wildman–Crippen MR) is 94.0 cm³/mol. The van der Waals surface area contributed by atoms with Crippen molar-refractivity contribution in [2.24, 2.45) is 0 Å². The molecule has 0 N–H and O–H groups in total. The summed E-state index contributed by atoms with van der Waals surface area (Å²) in [6.07, 6.45) is 0.472. The van der Waals surface area contributed by atoms with Gasteiger partial charge in [0, 0.05) is 17.1 Å². The van der Waals surface area contributed by atoms with Crippen LogP contribution in [-0.4, -0.2) is 17.6 Å². The Balaban J connectivity index is 2.03. The number of benzene rings is 2. The lowest BCUT2D eigenvalue weighted by atomic mass is 10.1. The number of esters is 1. The molecule has 26 heavy (non-hydrogen) atoms. The number of carbonyl (C=O) groups excluding carboxylic acids is 1. The van der Waals surface area contributed by atoms with Crippen LogP contribution in [0.2, 0.25) is 0 Å². The van der Waals surface area contributed by atoms with E-state index in [1.54, 1.807) is 28.8 Å². The fourth-order valence-electron chi connectivity index (χ4n) is 2.97. The predicted octanol–water partition coefficient (Wildman–Crippen LogP) is 3.24. The molecule has 1 heterocycles. The van der Waals surface area contributed by atoms with Crippen molar-refractivity contribution in [2.75, 3.05) is 7.11 Å². The van der Waals surface area contributed by atoms with Crippen molar-refractivity contribution in [2.45, 2.75) is 19.4 Å². The highest BCUT2D eigenvalue weighted by molar-refractivity contribution is 5.81. The lowest BCUT2D eigenvalue weighted by molar-refractivity contribution is -0.141. The molecular formula is C20H17F2NO3. The molecule has 0 aliphatic heterocycles. The minimum absolute atomic E-state index is 0.0712. The maximum absolute atomic E-state index is 13.9. The Labute approximate surface area is 148 Å². The van der Waals surface area contributed by atoms with Crippen molar-refractivity contribution in [3.63, 3.8) is 0 Å². The van der Waals surface area contributed by atoms with Crippen molar-refractivity contribution >= 4 is 16.9 Å². The van der Waals surface area contributed by atoms with Crippen LogP contribution < -0.4 is 5.43 Å². The highest BCUT2D eigenvalue weighted by atomic mass is 19.2. The summed E-state index contributed by atoms with van der Waals surface area (Å²) in [6.45, 7) is -0.0712. The van der Waals surface area contributed by atoms with Crippen LogP contribution in [0.15, 0.2) is 53.3 Å². The van der Waals surface area contributed by atoms with Gasteiger partial charge in [-0.1, -0.05) is 24.3 Å². The third-order valence-corrected chi connectivity index (χ3v) is 4.30. The quantitative estimate of drug-likeness (QED) is 0.659. The van der Waals surface area contributed by atoms with E-state index in [9.17, 15) is 18.4 Å². The number of hydrogen-bond acceptors (Lipinski definition) is 3. The molecule has 0 saturated heterocycles. The molecule has 2 aromatic carbocycles. The molecule has 0 bridgehead atoms. The molecule has 4 nitrogen and oxygen atoms in total. The second kappa shape index (κ2) is 7.47. The van der Waals surface area contributed by atoms with Crippen LogP contribution in [0.5, 0.6) is 0 Å². The van der Waals surface area contributed by atoms with Gasteiger partial charge in [-0.2, -0.15) is 0 Å². The fraction of sp³-hybridized carbons (Fsp3) is 0.200. The topological polar surface area (TPSA) is 48.3 Å². The Hall–Kier alpha value is -3.02. The molecule has 3 rings (SSSR count). The first-order valence-corrected chi connectivity index (χ1v) is 8.12. The van der Waals surface area contributed by atoms with Gasteiger partial charge in [0.05, 0.1) is 12.6 Å². The summed E-state index contributed by atoms with van der Waals surface area (Å²) in [5, 5.41) is 0.483. The smallest absolute Gasteiger partial charge is 0.325 e. The van der Waals surface area contributed by atoms with Crippen molar-refractivity contribution in [3.05, 3.63) is 81.6 Å². The number of halogens is 2. The maximum Gasteiger partial charge on any atom is 0.325 e. The molecule has 0 radical (unpaired) electrons. The molecule has 0 aliphatic rings. The van der Waals surface area contributed by atoms with Crippen LogP contribution in [0.4, 0.5) is 8.78 Å². The van der Waals surface area contributed by atoms with Gasteiger partial charge in [-0.15, -0.1) is 0 Å². The molecule has 6 heteroatoms. The molecule has 0 aliphatic carbocycles. The number of pyridine rings is 1. The maximum atomic E-state index is 13.9. The van der Waals surface area contributed by atoms with Crippen LogP contribution in [0.3, 0.4) is 0 Å². The minimum Gasteiger partial charge on any atom is -0.468 e.